The van der Waals surface area contributed by atoms with Crippen LogP contribution < -0.4 is 5.32 Å². The second-order valence-electron chi connectivity index (χ2n) is 6.15. The average molecular weight is 298 g/mol. The molecule has 1 atom stereocenters. The molecule has 0 aromatic rings. The molecular weight excluding hydrogens is 272 g/mol. The van der Waals surface area contributed by atoms with Gasteiger partial charge in [-0.15, -0.1) is 0 Å². The number of hydrogen-bond donors (Lipinski definition) is 1. The summed E-state index contributed by atoms with van der Waals surface area (Å²) in [5.41, 5.74) is -0.246. The molecule has 1 unspecified atom stereocenters. The van der Waals surface area contributed by atoms with Crippen LogP contribution >= 0.6 is 0 Å². The van der Waals surface area contributed by atoms with Crippen molar-refractivity contribution in [1.82, 2.24) is 10.2 Å². The van der Waals surface area contributed by atoms with E-state index in [0.29, 0.717) is 13.1 Å². The van der Waals surface area contributed by atoms with Gasteiger partial charge in [-0.25, -0.2) is 8.78 Å². The highest BCUT2D eigenvalue weighted by atomic mass is 19.3. The first-order valence-corrected chi connectivity index (χ1v) is 7.32. The van der Waals surface area contributed by atoms with Crippen molar-refractivity contribution in [2.24, 2.45) is 5.92 Å². The molecule has 0 aliphatic carbocycles. The van der Waals surface area contributed by atoms with Crippen LogP contribution in [0.5, 0.6) is 0 Å². The van der Waals surface area contributed by atoms with Gasteiger partial charge in [0.05, 0.1) is 6.54 Å². The number of halogens is 4. The fourth-order valence-corrected chi connectivity index (χ4v) is 2.91. The van der Waals surface area contributed by atoms with E-state index in [-0.39, 0.29) is 17.5 Å². The molecule has 0 radical (unpaired) electrons. The lowest BCUT2D eigenvalue weighted by molar-refractivity contribution is -0.153. The molecule has 0 spiro atoms. The Hall–Kier alpha value is -0.360. The van der Waals surface area contributed by atoms with Crippen molar-refractivity contribution in [3.05, 3.63) is 0 Å². The van der Waals surface area contributed by atoms with Crippen molar-refractivity contribution in [3.63, 3.8) is 0 Å². The van der Waals surface area contributed by atoms with Crippen LogP contribution in [0, 0.1) is 5.92 Å². The number of hydrogen-bond acceptors (Lipinski definition) is 2. The van der Waals surface area contributed by atoms with E-state index in [9.17, 15) is 17.6 Å². The molecule has 1 heterocycles. The highest BCUT2D eigenvalue weighted by Crippen LogP contribution is 2.30. The molecule has 1 aliphatic heterocycles. The highest BCUT2D eigenvalue weighted by molar-refractivity contribution is 4.98. The summed E-state index contributed by atoms with van der Waals surface area (Å²) < 4.78 is 51.8. The second kappa shape index (κ2) is 6.60. The van der Waals surface area contributed by atoms with E-state index in [0.717, 1.165) is 12.8 Å². The molecule has 0 amide bonds. The van der Waals surface area contributed by atoms with Gasteiger partial charge in [-0.2, -0.15) is 8.78 Å². The number of alkyl halides is 4. The molecule has 0 aromatic carbocycles. The molecule has 120 valence electrons. The van der Waals surface area contributed by atoms with Gasteiger partial charge < -0.3 is 5.32 Å². The Bertz CT molecular complexity index is 302. The Morgan fingerprint density at radius 2 is 1.80 bits per heavy atom. The summed E-state index contributed by atoms with van der Waals surface area (Å²) >= 11 is 0. The molecule has 1 N–H and O–H groups in total. The monoisotopic (exact) mass is 298 g/mol. The number of piperazine rings is 1. The third-order valence-corrected chi connectivity index (χ3v) is 4.52. The summed E-state index contributed by atoms with van der Waals surface area (Å²) in [6.07, 6.45) is -2.02. The topological polar surface area (TPSA) is 15.3 Å². The van der Waals surface area contributed by atoms with Crippen molar-refractivity contribution >= 4 is 0 Å². The second-order valence-corrected chi connectivity index (χ2v) is 6.15. The van der Waals surface area contributed by atoms with Gasteiger partial charge in [0.25, 0.3) is 0 Å². The molecule has 20 heavy (non-hydrogen) atoms. The number of rotatable bonds is 6. The lowest BCUT2D eigenvalue weighted by atomic mass is 9.86. The van der Waals surface area contributed by atoms with Gasteiger partial charge in [0.1, 0.15) is 0 Å². The molecule has 1 rings (SSSR count). The Morgan fingerprint density at radius 1 is 1.25 bits per heavy atom. The molecule has 6 heteroatoms. The van der Waals surface area contributed by atoms with Gasteiger partial charge in [-0.3, -0.25) is 4.90 Å². The quantitative estimate of drug-likeness (QED) is 0.756. The zero-order valence-corrected chi connectivity index (χ0v) is 12.7. The molecule has 2 nitrogen and oxygen atoms in total. The lowest BCUT2D eigenvalue weighted by Gasteiger charge is -2.49. The Kier molecular flexibility index (Phi) is 5.84. The summed E-state index contributed by atoms with van der Waals surface area (Å²) in [5.74, 6) is -3.81. The first kappa shape index (κ1) is 17.7. The summed E-state index contributed by atoms with van der Waals surface area (Å²) in [6, 6.07) is -0.133. The van der Waals surface area contributed by atoms with E-state index in [2.05, 4.69) is 5.32 Å². The van der Waals surface area contributed by atoms with Crippen LogP contribution in [0.15, 0.2) is 0 Å². The largest absolute Gasteiger partial charge is 0.319 e. The smallest absolute Gasteiger partial charge is 0.308 e. The van der Waals surface area contributed by atoms with Gasteiger partial charge in [0.15, 0.2) is 0 Å². The van der Waals surface area contributed by atoms with Crippen LogP contribution in [0.1, 0.15) is 40.5 Å². The van der Waals surface area contributed by atoms with Crippen LogP contribution in [0.25, 0.3) is 0 Å². The van der Waals surface area contributed by atoms with Gasteiger partial charge in [0.2, 0.25) is 0 Å². The molecule has 0 bridgehead atoms. The lowest BCUT2D eigenvalue weighted by Crippen LogP contribution is -2.66. The van der Waals surface area contributed by atoms with Crippen LogP contribution in [-0.4, -0.2) is 48.5 Å². The predicted molar refractivity (Wildman–Crippen MR) is 72.5 cm³/mol. The fourth-order valence-electron chi connectivity index (χ4n) is 2.91. The van der Waals surface area contributed by atoms with Crippen molar-refractivity contribution in [2.45, 2.75) is 64.5 Å². The van der Waals surface area contributed by atoms with Gasteiger partial charge in [-0.1, -0.05) is 27.7 Å². The average Bonchev–Trinajstić information content (AvgIpc) is 2.37. The highest BCUT2D eigenvalue weighted by Gasteiger charge is 2.47. The third kappa shape index (κ3) is 3.85. The van der Waals surface area contributed by atoms with E-state index in [4.69, 9.17) is 0 Å². The molecule has 0 aromatic heterocycles. The molecule has 0 saturated carbocycles. The van der Waals surface area contributed by atoms with Gasteiger partial charge in [0, 0.05) is 24.7 Å². The van der Waals surface area contributed by atoms with E-state index in [1.54, 1.807) is 4.90 Å². The Labute approximate surface area is 118 Å². The first-order valence-electron chi connectivity index (χ1n) is 7.32. The molecule has 1 aliphatic rings. The van der Waals surface area contributed by atoms with Crippen molar-refractivity contribution in [1.29, 1.82) is 0 Å². The van der Waals surface area contributed by atoms with Gasteiger partial charge >= 0.3 is 12.3 Å². The third-order valence-electron chi connectivity index (χ3n) is 4.52. The maximum absolute atomic E-state index is 13.4. The normalized spacial score (nSPS) is 24.6. The number of nitrogens with zero attached hydrogens (tertiary/aromatic N) is 1. The fraction of sp³-hybridized carbons (Fsp3) is 1.00. The van der Waals surface area contributed by atoms with E-state index in [1.165, 1.54) is 0 Å². The summed E-state index contributed by atoms with van der Waals surface area (Å²) in [5, 5.41) is 3.43. The maximum Gasteiger partial charge on any atom is 0.319 e. The van der Waals surface area contributed by atoms with E-state index < -0.39 is 18.9 Å². The maximum atomic E-state index is 13.4. The standard InChI is InChI=1S/C14H26F4N2/c1-5-13(6-2)8-20(9-14(17,18)12(15)16)11(7-19-13)10(3)4/h10-12,19H,5-9H2,1-4H3. The SMILES string of the molecule is CCC1(CC)CN(CC(F)(F)C(F)F)C(C(C)C)CN1. The summed E-state index contributed by atoms with van der Waals surface area (Å²) in [7, 11) is 0. The van der Waals surface area contributed by atoms with E-state index in [1.807, 2.05) is 27.7 Å². The zero-order chi connectivity index (χ0) is 15.6. The predicted octanol–water partition coefficient (Wildman–Crippen LogP) is 3.38. The minimum absolute atomic E-state index is 0.133. The zero-order valence-electron chi connectivity index (χ0n) is 12.7. The van der Waals surface area contributed by atoms with Crippen LogP contribution in [-0.2, 0) is 0 Å². The first-order chi connectivity index (χ1) is 9.17. The molecule has 1 saturated heterocycles. The Balaban J connectivity index is 2.89. The van der Waals surface area contributed by atoms with E-state index >= 15 is 0 Å². The van der Waals surface area contributed by atoms with Crippen molar-refractivity contribution in [2.75, 3.05) is 19.6 Å². The minimum atomic E-state index is -3.95. The molecular formula is C14H26F4N2. The van der Waals surface area contributed by atoms with Crippen molar-refractivity contribution in [3.8, 4) is 0 Å². The van der Waals surface area contributed by atoms with Crippen LogP contribution in [0.2, 0.25) is 0 Å². The van der Waals surface area contributed by atoms with Gasteiger partial charge in [-0.05, 0) is 18.8 Å². The minimum Gasteiger partial charge on any atom is -0.308 e. The summed E-state index contributed by atoms with van der Waals surface area (Å²) in [6.45, 7) is 7.96. The van der Waals surface area contributed by atoms with Crippen LogP contribution in [0.4, 0.5) is 17.6 Å². The Morgan fingerprint density at radius 3 is 2.20 bits per heavy atom. The summed E-state index contributed by atoms with van der Waals surface area (Å²) in [4.78, 5) is 1.56. The molecule has 1 fully saturated rings. The number of nitrogens with one attached hydrogen (secondary N) is 1. The van der Waals surface area contributed by atoms with Crippen molar-refractivity contribution < 1.29 is 17.6 Å². The van der Waals surface area contributed by atoms with Crippen LogP contribution in [0.3, 0.4) is 0 Å².